The number of hydrogen-bond donors (Lipinski definition) is 7. The number of aromatic amines is 1. The minimum atomic E-state index is 0. The highest BCUT2D eigenvalue weighted by molar-refractivity contribution is 7.22. The molecular formula is C72H114N16OS. The Morgan fingerprint density at radius 1 is 0.500 bits per heavy atom. The summed E-state index contributed by atoms with van der Waals surface area (Å²) in [6.07, 6.45) is 8.57. The zero-order valence-corrected chi connectivity index (χ0v) is 57.8. The monoisotopic (exact) mass is 1250 g/mol. The van der Waals surface area contributed by atoms with Crippen LogP contribution in [-0.4, -0.2) is 86.0 Å². The molecule has 4 aromatic carbocycles. The highest BCUT2D eigenvalue weighted by Crippen LogP contribution is 2.26. The van der Waals surface area contributed by atoms with Gasteiger partial charge in [-0.3, -0.25) is 4.99 Å². The summed E-state index contributed by atoms with van der Waals surface area (Å²) in [5, 5.41) is 24.6. The maximum atomic E-state index is 5.46. The number of amidine groups is 1. The van der Waals surface area contributed by atoms with Crippen molar-refractivity contribution < 1.29 is 4.42 Å². The van der Waals surface area contributed by atoms with Crippen molar-refractivity contribution in [3.63, 3.8) is 0 Å². The van der Waals surface area contributed by atoms with Crippen molar-refractivity contribution in [2.75, 3.05) is 31.9 Å². The molecule has 90 heavy (non-hydrogen) atoms. The van der Waals surface area contributed by atoms with E-state index in [9.17, 15) is 0 Å². The lowest BCUT2D eigenvalue weighted by molar-refractivity contribution is 0.606. The number of rotatable bonds is 11. The van der Waals surface area contributed by atoms with Gasteiger partial charge in [0.1, 0.15) is 28.6 Å². The number of oxazole rings is 1. The van der Waals surface area contributed by atoms with E-state index in [2.05, 4.69) is 179 Å². The van der Waals surface area contributed by atoms with Crippen LogP contribution in [0.1, 0.15) is 173 Å². The number of nitrogens with zero attached hydrogens (tertiary/aromatic N) is 9. The van der Waals surface area contributed by atoms with Gasteiger partial charge >= 0.3 is 0 Å². The number of hydrogen-bond acceptors (Lipinski definition) is 14. The average molecular weight is 1250 g/mol. The number of anilines is 6. The van der Waals surface area contributed by atoms with Crippen molar-refractivity contribution >= 4 is 95.2 Å². The van der Waals surface area contributed by atoms with E-state index in [0.29, 0.717) is 42.3 Å². The van der Waals surface area contributed by atoms with Crippen LogP contribution in [0.5, 0.6) is 0 Å². The van der Waals surface area contributed by atoms with E-state index in [1.54, 1.807) is 22.0 Å². The van der Waals surface area contributed by atoms with Crippen LogP contribution < -0.4 is 31.9 Å². The topological polar surface area (TPSA) is 200 Å². The molecule has 0 saturated heterocycles. The van der Waals surface area contributed by atoms with Crippen molar-refractivity contribution in [1.82, 2.24) is 43.9 Å². The Bertz CT molecular complexity index is 2930. The van der Waals surface area contributed by atoms with Crippen LogP contribution in [0.2, 0.25) is 0 Å². The second-order valence-electron chi connectivity index (χ2n) is 20.2. The summed E-state index contributed by atoms with van der Waals surface area (Å²) in [6.45, 7) is 45.1. The fraction of sp³-hybridized carbons (Fsp3) is 0.431. The number of fused-ring (bicyclic) bond motifs is 6. The molecule has 11 aromatic rings. The fourth-order valence-electron chi connectivity index (χ4n) is 7.72. The summed E-state index contributed by atoms with van der Waals surface area (Å²) in [4.78, 5) is 29.6. The first-order valence-corrected chi connectivity index (χ1v) is 32.5. The molecule has 0 aliphatic carbocycles. The number of nitrogens with one attached hydrogen (secondary N) is 7. The highest BCUT2D eigenvalue weighted by atomic mass is 32.1. The number of imidazole rings is 3. The summed E-state index contributed by atoms with van der Waals surface area (Å²) in [5.41, 5.74) is 9.28. The summed E-state index contributed by atoms with van der Waals surface area (Å²) in [6, 6.07) is 45.0. The molecule has 0 bridgehead atoms. The van der Waals surface area contributed by atoms with Crippen LogP contribution in [0.4, 0.5) is 34.4 Å². The molecule has 8 heterocycles. The quantitative estimate of drug-likeness (QED) is 0.0646. The molecule has 1 aliphatic rings. The number of aliphatic imine (C=N–C) groups is 1. The Balaban J connectivity index is 0.00000102. The van der Waals surface area contributed by atoms with Crippen LogP contribution in [0.3, 0.4) is 0 Å². The SMILES string of the molecule is C.C.CC.CC.CC.CC.CC.CC(C)N=C1Cc2ccccc2N1.CC(C)Nc1cn2ccccc2n1.CC(C)Nc1cn2ncccc2n1.CC(C)Nc1nc2ccccc2[nH]1.CC(C)Nc1nc2ccccc2o1.CC(C)Nc1nc2ccccc2s1. The number of pyridine rings is 1. The van der Waals surface area contributed by atoms with Crippen LogP contribution in [0.25, 0.3) is 43.6 Å². The van der Waals surface area contributed by atoms with E-state index in [-0.39, 0.29) is 14.9 Å². The molecule has 1 aliphatic heterocycles. The molecule has 17 nitrogen and oxygen atoms in total. The minimum Gasteiger partial charge on any atom is -0.424 e. The highest BCUT2D eigenvalue weighted by Gasteiger charge is 2.15. The molecule has 0 atom stereocenters. The van der Waals surface area contributed by atoms with E-state index in [4.69, 9.17) is 4.42 Å². The van der Waals surface area contributed by atoms with Gasteiger partial charge < -0.3 is 45.7 Å². The first kappa shape index (κ1) is 81.5. The third-order valence-electron chi connectivity index (χ3n) is 10.8. The van der Waals surface area contributed by atoms with E-state index in [1.165, 1.54) is 16.0 Å². The molecule has 18 heteroatoms. The molecule has 0 radical (unpaired) electrons. The smallest absolute Gasteiger partial charge is 0.295 e. The molecular weight excluding hydrogens is 1140 g/mol. The number of aromatic nitrogens is 9. The van der Waals surface area contributed by atoms with Gasteiger partial charge in [0, 0.05) is 60.8 Å². The third-order valence-corrected chi connectivity index (χ3v) is 11.7. The predicted molar refractivity (Wildman–Crippen MR) is 398 cm³/mol. The third kappa shape index (κ3) is 29.2. The van der Waals surface area contributed by atoms with Gasteiger partial charge in [0.2, 0.25) is 5.95 Å². The lowest BCUT2D eigenvalue weighted by Gasteiger charge is -2.04. The average Bonchev–Trinajstić information content (AvgIpc) is 3.93. The Kier molecular flexibility index (Phi) is 41.4. The van der Waals surface area contributed by atoms with E-state index in [1.807, 2.05) is 195 Å². The van der Waals surface area contributed by atoms with Crippen LogP contribution in [0.15, 0.2) is 162 Å². The van der Waals surface area contributed by atoms with Crippen LogP contribution in [0, 0.1) is 0 Å². The molecule has 0 fully saturated rings. The zero-order chi connectivity index (χ0) is 65.6. The molecule has 0 saturated carbocycles. The maximum Gasteiger partial charge on any atom is 0.295 e. The normalized spacial score (nSPS) is 10.8. The van der Waals surface area contributed by atoms with Gasteiger partial charge in [-0.05, 0) is 155 Å². The first-order chi connectivity index (χ1) is 42.5. The molecule has 494 valence electrons. The van der Waals surface area contributed by atoms with Crippen molar-refractivity contribution in [2.45, 2.75) is 210 Å². The predicted octanol–water partition coefficient (Wildman–Crippen LogP) is 20.7. The Hall–Kier alpha value is -8.51. The number of benzene rings is 4. The van der Waals surface area contributed by atoms with Gasteiger partial charge in [0.15, 0.2) is 16.4 Å². The van der Waals surface area contributed by atoms with Gasteiger partial charge in [-0.2, -0.15) is 10.1 Å². The fourth-order valence-corrected chi connectivity index (χ4v) is 8.73. The first-order valence-electron chi connectivity index (χ1n) is 31.7. The molecule has 0 unspecified atom stereocenters. The molecule has 0 spiro atoms. The molecule has 0 amide bonds. The van der Waals surface area contributed by atoms with E-state index >= 15 is 0 Å². The number of thiazole rings is 1. The Morgan fingerprint density at radius 2 is 1.03 bits per heavy atom. The van der Waals surface area contributed by atoms with E-state index in [0.717, 1.165) is 73.9 Å². The number of para-hydroxylation sites is 6. The zero-order valence-electron chi connectivity index (χ0n) is 56.9. The van der Waals surface area contributed by atoms with Crippen LogP contribution in [-0.2, 0) is 6.42 Å². The Labute approximate surface area is 545 Å². The van der Waals surface area contributed by atoms with Gasteiger partial charge in [0.05, 0.1) is 33.6 Å². The second-order valence-corrected chi connectivity index (χ2v) is 21.3. The standard InChI is InChI=1S/C11H14N2.2C10H13N3.C10H12N2O.C10H12N2S.C9H12N4.5C2H6.2CH4/c1-8(2)12-11-7-9-5-3-4-6-10(9)13-11;1-8(2)11-9-7-13-6-4-3-5-10(13)12-9;3*1-7(2)11-10-12-8-5-3-4-6-9(8)13-10;1-7(2)11-8-6-13-9(12-8)4-3-5-10-13;5*1-2;;/h3-6,8H,7H2,1-2H3,(H,12,13);3-8,11H,1-2H3;3-7H,1-2H3,(H2,11,12,13);2*3-7H,1-2H3,(H,11,12);3-7,11H,1-2H3;5*1-2H3;2*1H4. The largest absolute Gasteiger partial charge is 0.424 e. The molecule has 7 N–H and O–H groups in total. The maximum absolute atomic E-state index is 5.46. The van der Waals surface area contributed by atoms with Gasteiger partial charge in [-0.15, -0.1) is 0 Å². The summed E-state index contributed by atoms with van der Waals surface area (Å²) in [7, 11) is 0. The van der Waals surface area contributed by atoms with Gasteiger partial charge in [-0.25, -0.2) is 24.5 Å². The Morgan fingerprint density at radius 3 is 1.60 bits per heavy atom. The lowest BCUT2D eigenvalue weighted by Crippen LogP contribution is -2.10. The van der Waals surface area contributed by atoms with Crippen molar-refractivity contribution in [1.29, 1.82) is 0 Å². The van der Waals surface area contributed by atoms with Crippen molar-refractivity contribution in [3.05, 3.63) is 158 Å². The summed E-state index contributed by atoms with van der Waals surface area (Å²) in [5.74, 6) is 3.74. The van der Waals surface area contributed by atoms with Crippen LogP contribution >= 0.6 is 11.3 Å². The van der Waals surface area contributed by atoms with Crippen molar-refractivity contribution in [2.24, 2.45) is 4.99 Å². The van der Waals surface area contributed by atoms with E-state index < -0.39 is 0 Å². The summed E-state index contributed by atoms with van der Waals surface area (Å²) >= 11 is 1.70. The summed E-state index contributed by atoms with van der Waals surface area (Å²) < 4.78 is 10.5. The number of H-pyrrole nitrogens is 1. The van der Waals surface area contributed by atoms with Gasteiger partial charge in [0.25, 0.3) is 6.01 Å². The minimum absolute atomic E-state index is 0. The second kappa shape index (κ2) is 45.7. The molecule has 7 aromatic heterocycles. The van der Waals surface area contributed by atoms with Crippen molar-refractivity contribution in [3.8, 4) is 0 Å². The molecule has 12 rings (SSSR count). The van der Waals surface area contributed by atoms with Gasteiger partial charge in [-0.1, -0.05) is 156 Å². The lowest BCUT2D eigenvalue weighted by atomic mass is 10.2.